The van der Waals surface area contributed by atoms with Crippen LogP contribution in [0.4, 0.5) is 10.5 Å². The normalized spacial score (nSPS) is 17.9. The first kappa shape index (κ1) is 14.8. The molecule has 5 nitrogen and oxygen atoms in total. The molecule has 1 fully saturated rings. The van der Waals surface area contributed by atoms with Crippen LogP contribution in [-0.4, -0.2) is 26.9 Å². The Balaban J connectivity index is 1.87. The van der Waals surface area contributed by atoms with Gasteiger partial charge in [-0.25, -0.2) is 0 Å². The van der Waals surface area contributed by atoms with E-state index in [9.17, 15) is 9.59 Å². The molecule has 2 aromatic carbocycles. The fraction of sp³-hybridized carbons (Fsp3) is 0.111. The molecule has 6 heteroatoms. The number of likely N-dealkylation sites (N-methyl/N-ethyl adjacent to an activating group) is 1. The van der Waals surface area contributed by atoms with Crippen molar-refractivity contribution in [2.24, 2.45) is 0 Å². The molecule has 2 N–H and O–H groups in total. The molecule has 120 valence electrons. The summed E-state index contributed by atoms with van der Waals surface area (Å²) in [6, 6.07) is 14.9. The van der Waals surface area contributed by atoms with E-state index in [-0.39, 0.29) is 10.4 Å². The molecule has 3 aromatic rings. The van der Waals surface area contributed by atoms with Crippen LogP contribution in [0.15, 0.2) is 54.7 Å². The first-order chi connectivity index (χ1) is 11.6. The zero-order valence-electron chi connectivity index (χ0n) is 13.0. The van der Waals surface area contributed by atoms with Crippen LogP contribution in [0.2, 0.25) is 0 Å². The van der Waals surface area contributed by atoms with Gasteiger partial charge in [0.25, 0.3) is 5.24 Å². The number of anilines is 1. The monoisotopic (exact) mass is 337 g/mol. The van der Waals surface area contributed by atoms with Gasteiger partial charge in [-0.1, -0.05) is 12.1 Å². The summed E-state index contributed by atoms with van der Waals surface area (Å²) < 4.78 is 2.05. The van der Waals surface area contributed by atoms with Crippen molar-refractivity contribution < 1.29 is 9.59 Å². The van der Waals surface area contributed by atoms with Crippen molar-refractivity contribution in [3.63, 3.8) is 0 Å². The highest BCUT2D eigenvalue weighted by atomic mass is 32.2. The fourth-order valence-corrected chi connectivity index (χ4v) is 3.92. The van der Waals surface area contributed by atoms with E-state index in [4.69, 9.17) is 5.73 Å². The molecular weight excluding hydrogens is 322 g/mol. The van der Waals surface area contributed by atoms with E-state index in [0.717, 1.165) is 33.9 Å². The quantitative estimate of drug-likeness (QED) is 0.726. The molecule has 0 radical (unpaired) electrons. The highest BCUT2D eigenvalue weighted by Gasteiger charge is 2.39. The highest BCUT2D eigenvalue weighted by molar-refractivity contribution is 8.26. The van der Waals surface area contributed by atoms with Gasteiger partial charge in [-0.15, -0.1) is 0 Å². The van der Waals surface area contributed by atoms with Gasteiger partial charge in [-0.2, -0.15) is 0 Å². The zero-order chi connectivity index (χ0) is 16.8. The highest BCUT2D eigenvalue weighted by Crippen LogP contribution is 2.38. The van der Waals surface area contributed by atoms with E-state index < -0.39 is 6.04 Å². The molecule has 0 saturated carbocycles. The number of nitrogen functional groups attached to an aromatic ring is 1. The van der Waals surface area contributed by atoms with Gasteiger partial charge in [0.2, 0.25) is 5.12 Å². The van der Waals surface area contributed by atoms with Gasteiger partial charge < -0.3 is 15.2 Å². The number of nitrogens with two attached hydrogens (primary N) is 1. The van der Waals surface area contributed by atoms with Gasteiger partial charge in [0.15, 0.2) is 0 Å². The summed E-state index contributed by atoms with van der Waals surface area (Å²) in [5.41, 5.74) is 9.31. The molecule has 0 aliphatic carbocycles. The molecule has 1 amide bonds. The molecule has 1 atom stereocenters. The molecule has 1 aromatic heterocycles. The lowest BCUT2D eigenvalue weighted by molar-refractivity contribution is -0.113. The number of carbonyl (C=O) groups excluding carboxylic acids is 2. The molecule has 1 aliphatic heterocycles. The minimum atomic E-state index is -0.534. The average Bonchev–Trinajstić information content (AvgIpc) is 3.10. The van der Waals surface area contributed by atoms with Gasteiger partial charge in [0, 0.05) is 41.8 Å². The first-order valence-electron chi connectivity index (χ1n) is 7.50. The summed E-state index contributed by atoms with van der Waals surface area (Å²) in [4.78, 5) is 25.5. The maximum Gasteiger partial charge on any atom is 0.289 e. The van der Waals surface area contributed by atoms with Crippen molar-refractivity contribution in [2.45, 2.75) is 6.04 Å². The van der Waals surface area contributed by atoms with Gasteiger partial charge in [0.1, 0.15) is 6.04 Å². The molecule has 1 unspecified atom stereocenters. The van der Waals surface area contributed by atoms with Crippen LogP contribution in [0.3, 0.4) is 0 Å². The van der Waals surface area contributed by atoms with E-state index in [2.05, 4.69) is 0 Å². The van der Waals surface area contributed by atoms with Crippen molar-refractivity contribution in [3.8, 4) is 5.69 Å². The SMILES string of the molecule is CN1C(=O)SC(=O)C1c1cccc2c1ccn2-c1ccc(N)cc1. The Bertz CT molecular complexity index is 962. The number of aromatic nitrogens is 1. The molecule has 4 rings (SSSR count). The molecule has 2 heterocycles. The van der Waals surface area contributed by atoms with Crippen LogP contribution < -0.4 is 5.73 Å². The third-order valence-electron chi connectivity index (χ3n) is 4.32. The maximum atomic E-state index is 12.2. The zero-order valence-corrected chi connectivity index (χ0v) is 13.8. The lowest BCUT2D eigenvalue weighted by Gasteiger charge is -2.18. The number of fused-ring (bicyclic) bond motifs is 1. The molecular formula is C18H15N3O2S. The number of hydrogen-bond donors (Lipinski definition) is 1. The minimum absolute atomic E-state index is 0.129. The molecule has 1 aliphatic rings. The summed E-state index contributed by atoms with van der Waals surface area (Å²) in [7, 11) is 1.67. The largest absolute Gasteiger partial charge is 0.399 e. The molecule has 0 bridgehead atoms. The Kier molecular flexibility index (Phi) is 3.35. The third-order valence-corrected chi connectivity index (χ3v) is 5.21. The van der Waals surface area contributed by atoms with Crippen molar-refractivity contribution >= 4 is 38.7 Å². The summed E-state index contributed by atoms with van der Waals surface area (Å²) >= 11 is 0.772. The predicted molar refractivity (Wildman–Crippen MR) is 96.2 cm³/mol. The summed E-state index contributed by atoms with van der Waals surface area (Å²) in [6.45, 7) is 0. The fourth-order valence-electron chi connectivity index (χ4n) is 3.10. The maximum absolute atomic E-state index is 12.2. The van der Waals surface area contributed by atoms with Gasteiger partial charge in [0.05, 0.1) is 5.52 Å². The Labute approximate surface area is 143 Å². The number of carbonyl (C=O) groups is 2. The van der Waals surface area contributed by atoms with Gasteiger partial charge in [-0.3, -0.25) is 9.59 Å². The van der Waals surface area contributed by atoms with E-state index >= 15 is 0 Å². The Morgan fingerprint density at radius 3 is 2.46 bits per heavy atom. The van der Waals surface area contributed by atoms with E-state index in [0.29, 0.717) is 5.69 Å². The van der Waals surface area contributed by atoms with Crippen LogP contribution >= 0.6 is 11.8 Å². The Hall–Kier alpha value is -2.73. The molecule has 0 spiro atoms. The van der Waals surface area contributed by atoms with E-state index in [1.54, 1.807) is 7.05 Å². The Morgan fingerprint density at radius 1 is 1.04 bits per heavy atom. The second-order valence-electron chi connectivity index (χ2n) is 5.76. The van der Waals surface area contributed by atoms with Crippen LogP contribution in [0.5, 0.6) is 0 Å². The van der Waals surface area contributed by atoms with Gasteiger partial charge in [-0.05, 0) is 42.0 Å². The van der Waals surface area contributed by atoms with Crippen molar-refractivity contribution in [3.05, 3.63) is 60.3 Å². The van der Waals surface area contributed by atoms with Crippen LogP contribution in [0.25, 0.3) is 16.6 Å². The van der Waals surface area contributed by atoms with Crippen LogP contribution in [-0.2, 0) is 4.79 Å². The van der Waals surface area contributed by atoms with Crippen molar-refractivity contribution in [2.75, 3.05) is 12.8 Å². The topological polar surface area (TPSA) is 68.3 Å². The average molecular weight is 337 g/mol. The summed E-state index contributed by atoms with van der Waals surface area (Å²) in [5.74, 6) is 0. The number of amides is 1. The minimum Gasteiger partial charge on any atom is -0.399 e. The number of benzene rings is 2. The molecule has 1 saturated heterocycles. The van der Waals surface area contributed by atoms with E-state index in [1.165, 1.54) is 4.90 Å². The lowest BCUT2D eigenvalue weighted by Crippen LogP contribution is -2.23. The predicted octanol–water partition coefficient (Wildman–Crippen LogP) is 3.58. The summed E-state index contributed by atoms with van der Waals surface area (Å²) in [6.07, 6.45) is 1.97. The third kappa shape index (κ3) is 2.18. The van der Waals surface area contributed by atoms with Crippen LogP contribution in [0, 0.1) is 0 Å². The second-order valence-corrected chi connectivity index (χ2v) is 6.71. The summed E-state index contributed by atoms with van der Waals surface area (Å²) in [5, 5.41) is 0.630. The van der Waals surface area contributed by atoms with Crippen molar-refractivity contribution in [1.82, 2.24) is 9.47 Å². The smallest absolute Gasteiger partial charge is 0.289 e. The first-order valence-corrected chi connectivity index (χ1v) is 8.32. The number of hydrogen-bond acceptors (Lipinski definition) is 4. The second kappa shape index (κ2) is 5.42. The standard InChI is InChI=1S/C18H15N3O2S/c1-20-16(17(22)24-18(20)23)14-3-2-4-15-13(14)9-10-21(15)12-7-5-11(19)6-8-12/h2-10,16H,19H2,1H3. The van der Waals surface area contributed by atoms with Crippen LogP contribution in [0.1, 0.15) is 11.6 Å². The number of nitrogens with zero attached hydrogens (tertiary/aromatic N) is 2. The number of rotatable bonds is 2. The Morgan fingerprint density at radius 2 is 1.79 bits per heavy atom. The van der Waals surface area contributed by atoms with E-state index in [1.807, 2.05) is 59.3 Å². The number of thioether (sulfide) groups is 1. The van der Waals surface area contributed by atoms with Crippen molar-refractivity contribution in [1.29, 1.82) is 0 Å². The lowest BCUT2D eigenvalue weighted by atomic mass is 10.0. The van der Waals surface area contributed by atoms with Gasteiger partial charge >= 0.3 is 0 Å². The molecule has 24 heavy (non-hydrogen) atoms.